The Kier molecular flexibility index (Phi) is 9.89. The van der Waals surface area contributed by atoms with Crippen molar-refractivity contribution in [1.29, 1.82) is 0 Å². The van der Waals surface area contributed by atoms with E-state index in [0.717, 1.165) is 74.1 Å². The SMILES string of the molecule is CC(C)c1cnn2c(NCc3ccc(NC(=O)CCCCCCO)cc3)nc(OC3CCN(C)CC3)nc12. The van der Waals surface area contributed by atoms with Gasteiger partial charge in [-0.3, -0.25) is 4.79 Å². The van der Waals surface area contributed by atoms with Crippen molar-refractivity contribution in [3.63, 3.8) is 0 Å². The predicted molar refractivity (Wildman–Crippen MR) is 149 cm³/mol. The number of aromatic nitrogens is 4. The topological polar surface area (TPSA) is 117 Å². The number of benzene rings is 1. The second-order valence-electron chi connectivity index (χ2n) is 10.4. The number of nitrogens with zero attached hydrogens (tertiary/aromatic N) is 5. The van der Waals surface area contributed by atoms with Crippen molar-refractivity contribution in [3.8, 4) is 6.01 Å². The van der Waals surface area contributed by atoms with Crippen LogP contribution >= 0.6 is 0 Å². The van der Waals surface area contributed by atoms with Crippen molar-refractivity contribution < 1.29 is 14.6 Å². The highest BCUT2D eigenvalue weighted by molar-refractivity contribution is 5.90. The Morgan fingerprint density at radius 2 is 1.84 bits per heavy atom. The summed E-state index contributed by atoms with van der Waals surface area (Å²) in [6.45, 7) is 7.01. The number of rotatable bonds is 13. The maximum atomic E-state index is 12.2. The molecule has 38 heavy (non-hydrogen) atoms. The number of carbonyl (C=O) groups is 1. The van der Waals surface area contributed by atoms with Gasteiger partial charge in [0.2, 0.25) is 11.9 Å². The van der Waals surface area contributed by atoms with E-state index < -0.39 is 0 Å². The Morgan fingerprint density at radius 3 is 2.55 bits per heavy atom. The molecule has 3 N–H and O–H groups in total. The first-order valence-electron chi connectivity index (χ1n) is 13.8. The summed E-state index contributed by atoms with van der Waals surface area (Å²) in [4.78, 5) is 23.9. The highest BCUT2D eigenvalue weighted by atomic mass is 16.5. The van der Waals surface area contributed by atoms with Crippen LogP contribution in [0.1, 0.15) is 75.8 Å². The summed E-state index contributed by atoms with van der Waals surface area (Å²) >= 11 is 0. The average molecular weight is 524 g/mol. The van der Waals surface area contributed by atoms with Crippen LogP contribution in [0.15, 0.2) is 30.5 Å². The number of anilines is 2. The van der Waals surface area contributed by atoms with Gasteiger partial charge in [-0.25, -0.2) is 0 Å². The van der Waals surface area contributed by atoms with Crippen LogP contribution in [-0.4, -0.2) is 68.3 Å². The molecule has 0 spiro atoms. The third kappa shape index (κ3) is 7.64. The molecule has 0 radical (unpaired) electrons. The van der Waals surface area contributed by atoms with E-state index in [1.54, 1.807) is 4.52 Å². The zero-order valence-corrected chi connectivity index (χ0v) is 22.8. The largest absolute Gasteiger partial charge is 0.460 e. The summed E-state index contributed by atoms with van der Waals surface area (Å²) < 4.78 is 7.97. The number of likely N-dealkylation sites (tertiary alicyclic amines) is 1. The van der Waals surface area contributed by atoms with Gasteiger partial charge in [0.1, 0.15) is 6.10 Å². The van der Waals surface area contributed by atoms with E-state index in [2.05, 4.69) is 46.5 Å². The number of ether oxygens (including phenoxy) is 1. The predicted octanol–water partition coefficient (Wildman–Crippen LogP) is 4.21. The van der Waals surface area contributed by atoms with Crippen molar-refractivity contribution in [2.24, 2.45) is 0 Å². The number of nitrogens with one attached hydrogen (secondary N) is 2. The molecule has 1 aliphatic rings. The lowest BCUT2D eigenvalue weighted by atomic mass is 10.1. The third-order valence-electron chi connectivity index (χ3n) is 6.93. The van der Waals surface area contributed by atoms with Crippen LogP contribution in [0.25, 0.3) is 5.65 Å². The molecule has 0 aliphatic carbocycles. The van der Waals surface area contributed by atoms with Crippen molar-refractivity contribution >= 4 is 23.2 Å². The normalized spacial score (nSPS) is 14.8. The first-order chi connectivity index (χ1) is 18.4. The van der Waals surface area contributed by atoms with Crippen molar-refractivity contribution in [2.45, 2.75) is 77.4 Å². The minimum Gasteiger partial charge on any atom is -0.460 e. The van der Waals surface area contributed by atoms with Gasteiger partial charge in [-0.05, 0) is 56.3 Å². The summed E-state index contributed by atoms with van der Waals surface area (Å²) in [5.74, 6) is 0.873. The fraction of sp³-hybridized carbons (Fsp3) is 0.571. The average Bonchev–Trinajstić information content (AvgIpc) is 3.34. The molecule has 3 aromatic rings. The van der Waals surface area contributed by atoms with Crippen molar-refractivity contribution in [1.82, 2.24) is 24.5 Å². The van der Waals surface area contributed by atoms with E-state index in [1.165, 1.54) is 0 Å². The Balaban J connectivity index is 1.39. The Hall–Kier alpha value is -3.24. The third-order valence-corrected chi connectivity index (χ3v) is 6.93. The van der Waals surface area contributed by atoms with Crippen LogP contribution in [0.2, 0.25) is 0 Å². The van der Waals surface area contributed by atoms with Gasteiger partial charge in [0, 0.05) is 43.9 Å². The van der Waals surface area contributed by atoms with Crippen LogP contribution in [-0.2, 0) is 11.3 Å². The Labute approximate surface area is 224 Å². The van der Waals surface area contributed by atoms with E-state index >= 15 is 0 Å². The number of fused-ring (bicyclic) bond motifs is 1. The molecular formula is C28H41N7O3. The number of carbonyl (C=O) groups excluding carboxylic acids is 1. The van der Waals surface area contributed by atoms with Gasteiger partial charge in [0.25, 0.3) is 0 Å². The smallest absolute Gasteiger partial charge is 0.322 e. The van der Waals surface area contributed by atoms with Crippen LogP contribution in [0.3, 0.4) is 0 Å². The molecule has 2 aromatic heterocycles. The monoisotopic (exact) mass is 523 g/mol. The number of aliphatic hydroxyl groups excluding tert-OH is 1. The molecule has 4 rings (SSSR count). The van der Waals surface area contributed by atoms with Gasteiger partial charge in [-0.2, -0.15) is 19.6 Å². The number of aliphatic hydroxyl groups is 1. The highest BCUT2D eigenvalue weighted by Crippen LogP contribution is 2.24. The van der Waals surface area contributed by atoms with Gasteiger partial charge >= 0.3 is 6.01 Å². The minimum atomic E-state index is 0.0139. The molecule has 1 aliphatic heterocycles. The van der Waals surface area contributed by atoms with E-state index in [0.29, 0.717) is 24.9 Å². The van der Waals surface area contributed by atoms with E-state index in [9.17, 15) is 4.79 Å². The molecule has 1 saturated heterocycles. The molecule has 1 aromatic carbocycles. The zero-order valence-electron chi connectivity index (χ0n) is 22.8. The summed E-state index contributed by atoms with van der Waals surface area (Å²) in [5, 5.41) is 19.7. The Morgan fingerprint density at radius 1 is 1.11 bits per heavy atom. The summed E-state index contributed by atoms with van der Waals surface area (Å²) in [6, 6.07) is 8.18. The zero-order chi connectivity index (χ0) is 26.9. The molecule has 1 fully saturated rings. The van der Waals surface area contributed by atoms with Crippen molar-refractivity contribution in [2.75, 3.05) is 37.4 Å². The minimum absolute atomic E-state index is 0.0139. The van der Waals surface area contributed by atoms with E-state index in [4.69, 9.17) is 14.8 Å². The summed E-state index contributed by atoms with van der Waals surface area (Å²) in [7, 11) is 2.13. The van der Waals surface area contributed by atoms with Gasteiger partial charge in [0.05, 0.1) is 6.20 Å². The van der Waals surface area contributed by atoms with Gasteiger partial charge < -0.3 is 25.4 Å². The first kappa shape index (κ1) is 27.8. The molecule has 0 bridgehead atoms. The quantitative estimate of drug-likeness (QED) is 0.285. The maximum Gasteiger partial charge on any atom is 0.322 e. The van der Waals surface area contributed by atoms with Gasteiger partial charge in [-0.1, -0.05) is 38.8 Å². The van der Waals surface area contributed by atoms with Crippen LogP contribution in [0.4, 0.5) is 11.6 Å². The van der Waals surface area contributed by atoms with Crippen molar-refractivity contribution in [3.05, 3.63) is 41.6 Å². The van der Waals surface area contributed by atoms with Crippen LogP contribution in [0, 0.1) is 0 Å². The maximum absolute atomic E-state index is 12.2. The molecule has 1 amide bonds. The lowest BCUT2D eigenvalue weighted by Crippen LogP contribution is -2.36. The molecule has 0 atom stereocenters. The molecule has 0 saturated carbocycles. The fourth-order valence-electron chi connectivity index (χ4n) is 4.56. The lowest BCUT2D eigenvalue weighted by Gasteiger charge is -2.28. The first-order valence-corrected chi connectivity index (χ1v) is 13.8. The van der Waals surface area contributed by atoms with Crippen LogP contribution in [0.5, 0.6) is 6.01 Å². The highest BCUT2D eigenvalue weighted by Gasteiger charge is 2.21. The number of hydrogen-bond donors (Lipinski definition) is 3. The number of hydrogen-bond acceptors (Lipinski definition) is 8. The van der Waals surface area contributed by atoms with Crippen LogP contribution < -0.4 is 15.4 Å². The fourth-order valence-corrected chi connectivity index (χ4v) is 4.56. The molecule has 206 valence electrons. The molecule has 3 heterocycles. The molecule has 0 unspecified atom stereocenters. The number of amides is 1. The van der Waals surface area contributed by atoms with E-state index in [-0.39, 0.29) is 24.5 Å². The lowest BCUT2D eigenvalue weighted by molar-refractivity contribution is -0.116. The second kappa shape index (κ2) is 13.5. The summed E-state index contributed by atoms with van der Waals surface area (Å²) in [5.41, 5.74) is 3.64. The van der Waals surface area contributed by atoms with Gasteiger partial charge in [0.15, 0.2) is 5.65 Å². The van der Waals surface area contributed by atoms with Gasteiger partial charge in [-0.15, -0.1) is 0 Å². The Bertz CT molecular complexity index is 1170. The molecule has 10 heteroatoms. The molecule has 10 nitrogen and oxygen atoms in total. The second-order valence-corrected chi connectivity index (χ2v) is 10.4. The van der Waals surface area contributed by atoms with E-state index in [1.807, 2.05) is 30.5 Å². The number of unbranched alkanes of at least 4 members (excludes halogenated alkanes) is 3. The summed E-state index contributed by atoms with van der Waals surface area (Å²) in [6.07, 6.45) is 7.89. The molecular weight excluding hydrogens is 482 g/mol. The standard InChI is InChI=1S/C28H41N7O3/c1-20(2)24-19-30-35-26(24)32-28(38-23-13-15-34(3)16-14-23)33-27(35)29-18-21-9-11-22(12-10-21)31-25(37)8-6-4-5-7-17-36/h9-12,19-20,23,36H,4-8,13-18H2,1-3H3,(H,31,37)(H,29,32,33). The number of piperidine rings is 1.